The van der Waals surface area contributed by atoms with E-state index >= 15 is 0 Å². The van der Waals surface area contributed by atoms with Gasteiger partial charge in [-0.2, -0.15) is 5.10 Å². The van der Waals surface area contributed by atoms with Crippen LogP contribution >= 0.6 is 43.5 Å². The first-order chi connectivity index (χ1) is 9.02. The van der Waals surface area contributed by atoms with Crippen molar-refractivity contribution in [3.8, 4) is 5.75 Å². The number of rotatable bonds is 4. The molecule has 0 atom stereocenters. The highest BCUT2D eigenvalue weighted by Crippen LogP contribution is 2.30. The third-order valence-corrected chi connectivity index (χ3v) is 4.55. The second-order valence-electron chi connectivity index (χ2n) is 4.03. The molecule has 2 rings (SSSR count). The van der Waals surface area contributed by atoms with E-state index in [0.29, 0.717) is 17.4 Å². The SMILES string of the molecule is CCn1nc(C)c(Br)c1COc1cc(Br)ccc1Cl. The van der Waals surface area contributed by atoms with Crippen LogP contribution in [-0.4, -0.2) is 9.78 Å². The van der Waals surface area contributed by atoms with Crippen LogP contribution in [0.3, 0.4) is 0 Å². The molecule has 0 saturated carbocycles. The maximum absolute atomic E-state index is 6.10. The van der Waals surface area contributed by atoms with E-state index in [9.17, 15) is 0 Å². The van der Waals surface area contributed by atoms with Crippen molar-refractivity contribution >= 4 is 43.5 Å². The fourth-order valence-electron chi connectivity index (χ4n) is 1.74. The summed E-state index contributed by atoms with van der Waals surface area (Å²) in [7, 11) is 0. The lowest BCUT2D eigenvalue weighted by atomic mass is 10.3. The first kappa shape index (κ1) is 14.9. The van der Waals surface area contributed by atoms with Crippen LogP contribution in [0.1, 0.15) is 18.3 Å². The van der Waals surface area contributed by atoms with Gasteiger partial charge in [0.05, 0.1) is 20.9 Å². The Morgan fingerprint density at radius 2 is 2.11 bits per heavy atom. The Kier molecular flexibility index (Phi) is 4.92. The summed E-state index contributed by atoms with van der Waals surface area (Å²) in [5, 5.41) is 5.02. The van der Waals surface area contributed by atoms with Crippen LogP contribution in [0, 0.1) is 6.92 Å². The van der Waals surface area contributed by atoms with Gasteiger partial charge in [0.1, 0.15) is 12.4 Å². The number of nitrogens with zero attached hydrogens (tertiary/aromatic N) is 2. The van der Waals surface area contributed by atoms with E-state index in [4.69, 9.17) is 16.3 Å². The molecule has 0 saturated heterocycles. The number of ether oxygens (including phenoxy) is 1. The molecule has 0 aliphatic carbocycles. The molecule has 0 unspecified atom stereocenters. The number of hydrogen-bond acceptors (Lipinski definition) is 2. The van der Waals surface area contributed by atoms with E-state index in [1.54, 1.807) is 6.07 Å². The average molecular weight is 409 g/mol. The first-order valence-electron chi connectivity index (χ1n) is 5.82. The highest BCUT2D eigenvalue weighted by molar-refractivity contribution is 9.10. The molecule has 102 valence electrons. The van der Waals surface area contributed by atoms with Crippen LogP contribution < -0.4 is 4.74 Å². The molecule has 0 fully saturated rings. The quantitative estimate of drug-likeness (QED) is 0.714. The Labute approximate surface area is 134 Å². The molecule has 0 aliphatic rings. The summed E-state index contributed by atoms with van der Waals surface area (Å²) < 4.78 is 9.63. The van der Waals surface area contributed by atoms with E-state index in [1.165, 1.54) is 0 Å². The van der Waals surface area contributed by atoms with E-state index in [0.717, 1.165) is 26.9 Å². The van der Waals surface area contributed by atoms with Crippen LogP contribution in [-0.2, 0) is 13.2 Å². The molecule has 19 heavy (non-hydrogen) atoms. The van der Waals surface area contributed by atoms with Crippen LogP contribution in [0.25, 0.3) is 0 Å². The Morgan fingerprint density at radius 3 is 2.79 bits per heavy atom. The van der Waals surface area contributed by atoms with Crippen LogP contribution in [0.4, 0.5) is 0 Å². The van der Waals surface area contributed by atoms with E-state index in [1.807, 2.05) is 23.7 Å². The predicted molar refractivity (Wildman–Crippen MR) is 83.8 cm³/mol. The van der Waals surface area contributed by atoms with Crippen LogP contribution in [0.2, 0.25) is 5.02 Å². The standard InChI is InChI=1S/C13H13Br2ClN2O/c1-3-18-11(13(15)8(2)17-18)7-19-12-6-9(14)4-5-10(12)16/h4-6H,3,7H2,1-2H3. The second kappa shape index (κ2) is 6.29. The zero-order valence-corrected chi connectivity index (χ0v) is 14.5. The minimum Gasteiger partial charge on any atom is -0.486 e. The molecule has 1 aromatic carbocycles. The summed E-state index contributed by atoms with van der Waals surface area (Å²) in [5.41, 5.74) is 1.97. The molecule has 6 heteroatoms. The van der Waals surface area contributed by atoms with Gasteiger partial charge >= 0.3 is 0 Å². The van der Waals surface area contributed by atoms with Crippen molar-refractivity contribution in [3.63, 3.8) is 0 Å². The number of benzene rings is 1. The van der Waals surface area contributed by atoms with Crippen molar-refractivity contribution in [2.45, 2.75) is 27.0 Å². The van der Waals surface area contributed by atoms with E-state index < -0.39 is 0 Å². The zero-order chi connectivity index (χ0) is 14.0. The highest BCUT2D eigenvalue weighted by atomic mass is 79.9. The van der Waals surface area contributed by atoms with Gasteiger partial charge in [-0.15, -0.1) is 0 Å². The first-order valence-corrected chi connectivity index (χ1v) is 7.79. The van der Waals surface area contributed by atoms with Gasteiger partial charge in [-0.05, 0) is 48.0 Å². The number of aryl methyl sites for hydroxylation is 2. The van der Waals surface area contributed by atoms with Gasteiger partial charge in [-0.3, -0.25) is 4.68 Å². The molecule has 2 aromatic rings. The summed E-state index contributed by atoms with van der Waals surface area (Å²) in [5.74, 6) is 0.657. The maximum Gasteiger partial charge on any atom is 0.139 e. The third kappa shape index (κ3) is 3.33. The Morgan fingerprint density at radius 1 is 1.37 bits per heavy atom. The lowest BCUT2D eigenvalue weighted by Crippen LogP contribution is -2.06. The molecule has 0 N–H and O–H groups in total. The van der Waals surface area contributed by atoms with Crippen molar-refractivity contribution in [1.82, 2.24) is 9.78 Å². The summed E-state index contributed by atoms with van der Waals surface area (Å²) in [6, 6.07) is 5.54. The Bertz CT molecular complexity index is 599. The van der Waals surface area contributed by atoms with Gasteiger partial charge in [0.15, 0.2) is 0 Å². The van der Waals surface area contributed by atoms with Crippen molar-refractivity contribution in [1.29, 1.82) is 0 Å². The molecule has 0 spiro atoms. The summed E-state index contributed by atoms with van der Waals surface area (Å²) in [6.45, 7) is 5.24. The third-order valence-electron chi connectivity index (χ3n) is 2.71. The topological polar surface area (TPSA) is 27.1 Å². The number of halogens is 3. The summed E-state index contributed by atoms with van der Waals surface area (Å²) in [6.07, 6.45) is 0. The summed E-state index contributed by atoms with van der Waals surface area (Å²) in [4.78, 5) is 0. The highest BCUT2D eigenvalue weighted by Gasteiger charge is 2.13. The van der Waals surface area contributed by atoms with E-state index in [2.05, 4.69) is 43.9 Å². The van der Waals surface area contributed by atoms with Gasteiger partial charge < -0.3 is 4.74 Å². The predicted octanol–water partition coefficient (Wildman–Crippen LogP) is 4.97. The molecule has 0 radical (unpaired) electrons. The fraction of sp³-hybridized carbons (Fsp3) is 0.308. The molecule has 1 aromatic heterocycles. The normalized spacial score (nSPS) is 10.8. The smallest absolute Gasteiger partial charge is 0.139 e. The second-order valence-corrected chi connectivity index (χ2v) is 6.14. The van der Waals surface area contributed by atoms with Gasteiger partial charge in [-0.25, -0.2) is 0 Å². The monoisotopic (exact) mass is 406 g/mol. The van der Waals surface area contributed by atoms with Crippen LogP contribution in [0.5, 0.6) is 5.75 Å². The largest absolute Gasteiger partial charge is 0.486 e. The Balaban J connectivity index is 2.21. The molecule has 1 heterocycles. The zero-order valence-electron chi connectivity index (χ0n) is 10.6. The van der Waals surface area contributed by atoms with Crippen molar-refractivity contribution < 1.29 is 4.74 Å². The fourth-order valence-corrected chi connectivity index (χ4v) is 2.65. The lowest BCUT2D eigenvalue weighted by molar-refractivity contribution is 0.291. The minimum atomic E-state index is 0.422. The molecule has 3 nitrogen and oxygen atoms in total. The maximum atomic E-state index is 6.10. The van der Waals surface area contributed by atoms with Gasteiger partial charge in [0, 0.05) is 11.0 Å². The molecular formula is C13H13Br2ClN2O. The average Bonchev–Trinajstić information content (AvgIpc) is 2.66. The lowest BCUT2D eigenvalue weighted by Gasteiger charge is -2.10. The molecular weight excluding hydrogens is 395 g/mol. The molecule has 0 amide bonds. The molecule has 0 bridgehead atoms. The van der Waals surface area contributed by atoms with Crippen molar-refractivity contribution in [2.24, 2.45) is 0 Å². The van der Waals surface area contributed by atoms with Gasteiger partial charge in [-0.1, -0.05) is 27.5 Å². The van der Waals surface area contributed by atoms with Crippen molar-refractivity contribution in [3.05, 3.63) is 43.6 Å². The Hall–Kier alpha value is -0.520. The van der Waals surface area contributed by atoms with Crippen molar-refractivity contribution in [2.75, 3.05) is 0 Å². The minimum absolute atomic E-state index is 0.422. The number of hydrogen-bond donors (Lipinski definition) is 0. The number of aromatic nitrogens is 2. The van der Waals surface area contributed by atoms with Gasteiger partial charge in [0.25, 0.3) is 0 Å². The summed E-state index contributed by atoms with van der Waals surface area (Å²) >= 11 is 13.0. The van der Waals surface area contributed by atoms with E-state index in [-0.39, 0.29) is 0 Å². The van der Waals surface area contributed by atoms with Crippen LogP contribution in [0.15, 0.2) is 27.1 Å². The van der Waals surface area contributed by atoms with Gasteiger partial charge in [0.2, 0.25) is 0 Å². The molecule has 0 aliphatic heterocycles.